The Labute approximate surface area is 84.4 Å². The third-order valence-corrected chi connectivity index (χ3v) is 2.16. The molecule has 3 aromatic rings. The van der Waals surface area contributed by atoms with Gasteiger partial charge in [-0.3, -0.25) is 9.55 Å². The molecule has 74 valence electrons. The summed E-state index contributed by atoms with van der Waals surface area (Å²) >= 11 is 0. The van der Waals surface area contributed by atoms with Crippen LogP contribution in [-0.2, 0) is 0 Å². The number of tetrazole rings is 1. The maximum absolute atomic E-state index is 4.14. The van der Waals surface area contributed by atoms with Crippen molar-refractivity contribution in [1.29, 1.82) is 0 Å². The molecule has 0 unspecified atom stereocenters. The second-order valence-corrected chi connectivity index (χ2v) is 3.06. The smallest absolute Gasteiger partial charge is 0.199 e. The molecule has 0 fully saturated rings. The van der Waals surface area contributed by atoms with Gasteiger partial charge in [0.1, 0.15) is 5.82 Å². The van der Waals surface area contributed by atoms with Crippen LogP contribution in [0.5, 0.6) is 0 Å². The topological polar surface area (TPSA) is 73.8 Å². The molecule has 0 aliphatic heterocycles. The molecule has 0 spiro atoms. The summed E-state index contributed by atoms with van der Waals surface area (Å²) in [5, 5.41) is 11.3. The van der Waals surface area contributed by atoms with E-state index in [1.807, 2.05) is 17.7 Å². The molecule has 0 radical (unpaired) electrons. The summed E-state index contributed by atoms with van der Waals surface area (Å²) in [7, 11) is 0. The molecule has 3 aromatic heterocycles. The summed E-state index contributed by atoms with van der Waals surface area (Å²) < 4.78 is 3.48. The molecular formula is C8H7N7. The zero-order chi connectivity index (χ0) is 10.3. The van der Waals surface area contributed by atoms with Crippen molar-refractivity contribution in [3.63, 3.8) is 0 Å². The van der Waals surface area contributed by atoms with E-state index in [1.54, 1.807) is 23.1 Å². The van der Waals surface area contributed by atoms with Gasteiger partial charge in [-0.05, 0) is 17.4 Å². The van der Waals surface area contributed by atoms with Gasteiger partial charge in [-0.1, -0.05) is 0 Å². The molecule has 0 aliphatic carbocycles. The number of hydrogen-bond acceptors (Lipinski definition) is 5. The van der Waals surface area contributed by atoms with Gasteiger partial charge < -0.3 is 0 Å². The molecule has 3 rings (SSSR count). The highest BCUT2D eigenvalue weighted by Crippen LogP contribution is 2.08. The molecule has 15 heavy (non-hydrogen) atoms. The molecule has 0 bridgehead atoms. The van der Waals surface area contributed by atoms with Gasteiger partial charge in [0.25, 0.3) is 0 Å². The number of hydrogen-bond donors (Lipinski definition) is 0. The minimum absolute atomic E-state index is 0.612. The second kappa shape index (κ2) is 2.84. The first kappa shape index (κ1) is 8.04. The number of aryl methyl sites for hydroxylation is 1. The summed E-state index contributed by atoms with van der Waals surface area (Å²) in [5.74, 6) is 1.63. The van der Waals surface area contributed by atoms with Crippen molar-refractivity contribution in [3.05, 3.63) is 30.6 Å². The van der Waals surface area contributed by atoms with E-state index in [1.165, 1.54) is 0 Å². The van der Waals surface area contributed by atoms with Gasteiger partial charge in [0.2, 0.25) is 0 Å². The summed E-state index contributed by atoms with van der Waals surface area (Å²) in [6, 6.07) is 0. The molecule has 0 N–H and O–H groups in total. The Hall–Kier alpha value is -2.31. The van der Waals surface area contributed by atoms with Gasteiger partial charge in [-0.15, -0.1) is 5.10 Å². The fourth-order valence-electron chi connectivity index (χ4n) is 1.45. The van der Waals surface area contributed by atoms with Crippen molar-refractivity contribution in [2.24, 2.45) is 0 Å². The van der Waals surface area contributed by atoms with Crippen LogP contribution < -0.4 is 0 Å². The Kier molecular flexibility index (Phi) is 1.52. The lowest BCUT2D eigenvalue weighted by Gasteiger charge is -2.04. The number of aromatic nitrogens is 7. The van der Waals surface area contributed by atoms with Crippen molar-refractivity contribution in [2.45, 2.75) is 6.92 Å². The van der Waals surface area contributed by atoms with Gasteiger partial charge in [0.05, 0.1) is 12.4 Å². The molecule has 3 heterocycles. The van der Waals surface area contributed by atoms with Crippen molar-refractivity contribution >= 4 is 5.65 Å². The normalized spacial score (nSPS) is 11.0. The Bertz CT molecular complexity index is 608. The van der Waals surface area contributed by atoms with Crippen molar-refractivity contribution in [2.75, 3.05) is 0 Å². The maximum atomic E-state index is 4.14. The van der Waals surface area contributed by atoms with Crippen LogP contribution in [-0.4, -0.2) is 34.6 Å². The van der Waals surface area contributed by atoms with Gasteiger partial charge in [-0.2, -0.15) is 4.52 Å². The fourth-order valence-corrected chi connectivity index (χ4v) is 1.45. The monoisotopic (exact) mass is 201 g/mol. The van der Waals surface area contributed by atoms with Crippen LogP contribution >= 0.6 is 0 Å². The van der Waals surface area contributed by atoms with E-state index in [-0.39, 0.29) is 0 Å². The summed E-state index contributed by atoms with van der Waals surface area (Å²) in [6.07, 6.45) is 6.86. The quantitative estimate of drug-likeness (QED) is 0.554. The molecule has 0 aromatic carbocycles. The first-order valence-corrected chi connectivity index (χ1v) is 4.39. The van der Waals surface area contributed by atoms with Crippen LogP contribution in [0.15, 0.2) is 24.8 Å². The highest BCUT2D eigenvalue weighted by Gasteiger charge is 2.07. The minimum atomic E-state index is 0.612. The largest absolute Gasteiger partial charge is 0.287 e. The van der Waals surface area contributed by atoms with Crippen LogP contribution in [0.25, 0.3) is 11.5 Å². The van der Waals surface area contributed by atoms with Crippen LogP contribution in [0, 0.1) is 6.92 Å². The van der Waals surface area contributed by atoms with E-state index in [2.05, 4.69) is 25.5 Å². The third kappa shape index (κ3) is 1.09. The van der Waals surface area contributed by atoms with Crippen LogP contribution in [0.1, 0.15) is 5.82 Å². The Morgan fingerprint density at radius 3 is 3.00 bits per heavy atom. The molecular weight excluding hydrogens is 194 g/mol. The SMILES string of the molecule is Cc1nccn1-c1cncc2nnnn12. The summed E-state index contributed by atoms with van der Waals surface area (Å²) in [5.41, 5.74) is 0.612. The average molecular weight is 201 g/mol. The van der Waals surface area contributed by atoms with E-state index < -0.39 is 0 Å². The first-order valence-electron chi connectivity index (χ1n) is 4.39. The predicted octanol–water partition coefficient (Wildman–Crippen LogP) is 0.0134. The van der Waals surface area contributed by atoms with Gasteiger partial charge in [0, 0.05) is 12.4 Å². The van der Waals surface area contributed by atoms with Crippen LogP contribution in [0.2, 0.25) is 0 Å². The number of nitrogens with zero attached hydrogens (tertiary/aromatic N) is 7. The van der Waals surface area contributed by atoms with Crippen LogP contribution in [0.3, 0.4) is 0 Å². The highest BCUT2D eigenvalue weighted by molar-refractivity contribution is 5.37. The fraction of sp³-hybridized carbons (Fsp3) is 0.125. The number of imidazole rings is 1. The molecule has 0 amide bonds. The number of rotatable bonds is 1. The van der Waals surface area contributed by atoms with E-state index in [0.717, 1.165) is 11.6 Å². The van der Waals surface area contributed by atoms with Gasteiger partial charge >= 0.3 is 0 Å². The molecule has 0 aliphatic rings. The Balaban J connectivity index is 2.36. The third-order valence-electron chi connectivity index (χ3n) is 2.16. The minimum Gasteiger partial charge on any atom is -0.287 e. The molecule has 0 atom stereocenters. The maximum Gasteiger partial charge on any atom is 0.199 e. The zero-order valence-electron chi connectivity index (χ0n) is 7.94. The highest BCUT2D eigenvalue weighted by atomic mass is 15.5. The lowest BCUT2D eigenvalue weighted by molar-refractivity contribution is 0.775. The van der Waals surface area contributed by atoms with Gasteiger partial charge in [0.15, 0.2) is 11.5 Å². The van der Waals surface area contributed by atoms with E-state index >= 15 is 0 Å². The molecule has 0 saturated carbocycles. The lowest BCUT2D eigenvalue weighted by atomic mass is 10.6. The van der Waals surface area contributed by atoms with Crippen LogP contribution in [0.4, 0.5) is 0 Å². The van der Waals surface area contributed by atoms with Crippen molar-refractivity contribution in [3.8, 4) is 5.82 Å². The number of fused-ring (bicyclic) bond motifs is 1. The molecule has 7 heteroatoms. The summed E-state index contributed by atoms with van der Waals surface area (Å²) in [4.78, 5) is 8.21. The molecule has 7 nitrogen and oxygen atoms in total. The lowest BCUT2D eigenvalue weighted by Crippen LogP contribution is -2.05. The zero-order valence-corrected chi connectivity index (χ0v) is 7.94. The van der Waals surface area contributed by atoms with E-state index in [9.17, 15) is 0 Å². The standard InChI is InChI=1S/C8H7N7/c1-6-10-2-3-14(6)8-5-9-4-7-11-12-13-15(7)8/h2-5H,1H3. The molecule has 0 saturated heterocycles. The average Bonchev–Trinajstić information content (AvgIpc) is 2.85. The van der Waals surface area contributed by atoms with Crippen molar-refractivity contribution in [1.82, 2.24) is 34.6 Å². The van der Waals surface area contributed by atoms with Crippen molar-refractivity contribution < 1.29 is 0 Å². The van der Waals surface area contributed by atoms with E-state index in [0.29, 0.717) is 5.65 Å². The van der Waals surface area contributed by atoms with Gasteiger partial charge in [-0.25, -0.2) is 4.98 Å². The summed E-state index contributed by atoms with van der Waals surface area (Å²) in [6.45, 7) is 1.91. The Morgan fingerprint density at radius 2 is 2.20 bits per heavy atom. The second-order valence-electron chi connectivity index (χ2n) is 3.06. The Morgan fingerprint density at radius 1 is 1.27 bits per heavy atom. The first-order chi connectivity index (χ1) is 7.36. The van der Waals surface area contributed by atoms with E-state index in [4.69, 9.17) is 0 Å². The predicted molar refractivity (Wildman–Crippen MR) is 50.4 cm³/mol.